The number of phenols is 1. The second kappa shape index (κ2) is 5.41. The van der Waals surface area contributed by atoms with Gasteiger partial charge >= 0.3 is 0 Å². The van der Waals surface area contributed by atoms with Crippen molar-refractivity contribution in [1.82, 2.24) is 14.7 Å². The number of fused-ring (bicyclic) bond motifs is 1. The maximum atomic E-state index is 9.91. The van der Waals surface area contributed by atoms with Crippen LogP contribution in [0.5, 0.6) is 5.75 Å². The Balaban J connectivity index is 1.51. The van der Waals surface area contributed by atoms with Crippen LogP contribution in [0.4, 0.5) is 0 Å². The molecular weight excluding hydrogens is 342 g/mol. The van der Waals surface area contributed by atoms with E-state index in [2.05, 4.69) is 32.0 Å². The second-order valence-corrected chi connectivity index (χ2v) is 6.73. The smallest absolute Gasteiger partial charge is 0.116 e. The molecule has 0 amide bonds. The number of likely N-dealkylation sites (tertiary alicyclic amines) is 1. The summed E-state index contributed by atoms with van der Waals surface area (Å²) in [5.74, 6) is 0.335. The van der Waals surface area contributed by atoms with Crippen LogP contribution < -0.4 is 0 Å². The highest BCUT2D eigenvalue weighted by atomic mass is 79.9. The molecule has 4 rings (SSSR count). The lowest BCUT2D eigenvalue weighted by Gasteiger charge is -2.39. The molecule has 1 saturated heterocycles. The van der Waals surface area contributed by atoms with Crippen LogP contribution in [0.1, 0.15) is 11.6 Å². The third-order valence-electron chi connectivity index (χ3n) is 4.21. The Kier molecular flexibility index (Phi) is 3.39. The molecule has 112 valence electrons. The predicted molar refractivity (Wildman–Crippen MR) is 89.9 cm³/mol. The summed E-state index contributed by atoms with van der Waals surface area (Å²) in [4.78, 5) is 2.38. The molecule has 0 bridgehead atoms. The zero-order chi connectivity index (χ0) is 15.1. The molecule has 1 aliphatic heterocycles. The lowest BCUT2D eigenvalue weighted by atomic mass is 10.0. The lowest BCUT2D eigenvalue weighted by Crippen LogP contribution is -2.47. The van der Waals surface area contributed by atoms with Gasteiger partial charge in [0.05, 0.1) is 16.7 Å². The number of aromatic nitrogens is 2. The van der Waals surface area contributed by atoms with Crippen molar-refractivity contribution >= 4 is 26.7 Å². The molecule has 3 aromatic rings. The number of benzene rings is 2. The summed E-state index contributed by atoms with van der Waals surface area (Å²) in [5, 5.41) is 16.6. The quantitative estimate of drug-likeness (QED) is 0.779. The summed E-state index contributed by atoms with van der Waals surface area (Å²) in [7, 11) is 0. The second-order valence-electron chi connectivity index (χ2n) is 5.81. The molecule has 1 aliphatic rings. The van der Waals surface area contributed by atoms with Gasteiger partial charge in [-0.2, -0.15) is 5.10 Å². The summed E-state index contributed by atoms with van der Waals surface area (Å²) in [5.41, 5.74) is 1.18. The third-order valence-corrected chi connectivity index (χ3v) is 4.62. The topological polar surface area (TPSA) is 41.3 Å². The highest BCUT2D eigenvalue weighted by Gasteiger charge is 2.29. The molecule has 0 radical (unpaired) electrons. The number of rotatable bonds is 3. The SMILES string of the molecule is Oc1cc(CN2CC(n3cc(Br)cn3)C2)c2ccccc2c1. The molecule has 2 heterocycles. The van der Waals surface area contributed by atoms with E-state index in [1.165, 1.54) is 10.9 Å². The van der Waals surface area contributed by atoms with Gasteiger partial charge in [0.15, 0.2) is 0 Å². The lowest BCUT2D eigenvalue weighted by molar-refractivity contribution is 0.0912. The zero-order valence-electron chi connectivity index (χ0n) is 12.0. The number of aromatic hydroxyl groups is 1. The summed E-state index contributed by atoms with van der Waals surface area (Å²) < 4.78 is 3.03. The van der Waals surface area contributed by atoms with E-state index in [9.17, 15) is 5.11 Å². The molecule has 1 fully saturated rings. The average Bonchev–Trinajstić information content (AvgIpc) is 2.88. The zero-order valence-corrected chi connectivity index (χ0v) is 13.6. The number of halogens is 1. The van der Waals surface area contributed by atoms with E-state index in [4.69, 9.17) is 0 Å². The molecule has 2 aromatic carbocycles. The fraction of sp³-hybridized carbons (Fsp3) is 0.235. The van der Waals surface area contributed by atoms with Crippen molar-refractivity contribution in [1.29, 1.82) is 0 Å². The van der Waals surface area contributed by atoms with E-state index < -0.39 is 0 Å². The first-order valence-electron chi connectivity index (χ1n) is 7.32. The first kappa shape index (κ1) is 13.8. The van der Waals surface area contributed by atoms with Gasteiger partial charge in [-0.1, -0.05) is 24.3 Å². The standard InChI is InChI=1S/C17H16BrN3O/c18-14-7-19-21(9-14)15-10-20(11-15)8-13-6-16(22)5-12-3-1-2-4-17(12)13/h1-7,9,15,22H,8,10-11H2. The molecule has 4 nitrogen and oxygen atoms in total. The maximum Gasteiger partial charge on any atom is 0.116 e. The fourth-order valence-electron chi connectivity index (χ4n) is 3.10. The van der Waals surface area contributed by atoms with Gasteiger partial charge in [0.25, 0.3) is 0 Å². The van der Waals surface area contributed by atoms with Gasteiger partial charge in [0.1, 0.15) is 5.75 Å². The summed E-state index contributed by atoms with van der Waals surface area (Å²) >= 11 is 3.43. The molecule has 1 N–H and O–H groups in total. The Bertz CT molecular complexity index is 824. The Labute approximate surface area is 137 Å². The van der Waals surface area contributed by atoms with Crippen molar-refractivity contribution in [2.75, 3.05) is 13.1 Å². The molecule has 22 heavy (non-hydrogen) atoms. The van der Waals surface area contributed by atoms with Crippen molar-refractivity contribution in [3.63, 3.8) is 0 Å². The normalized spacial score (nSPS) is 16.0. The first-order valence-corrected chi connectivity index (χ1v) is 8.11. The van der Waals surface area contributed by atoms with Crippen LogP contribution in [0, 0.1) is 0 Å². The Morgan fingerprint density at radius 3 is 2.82 bits per heavy atom. The van der Waals surface area contributed by atoms with Crippen LogP contribution in [-0.4, -0.2) is 32.9 Å². The molecule has 0 spiro atoms. The number of hydrogen-bond donors (Lipinski definition) is 1. The highest BCUT2D eigenvalue weighted by Crippen LogP contribution is 2.29. The van der Waals surface area contributed by atoms with Crippen LogP contribution in [0.25, 0.3) is 10.8 Å². The van der Waals surface area contributed by atoms with Crippen LogP contribution in [0.2, 0.25) is 0 Å². The van der Waals surface area contributed by atoms with Crippen molar-refractivity contribution in [3.05, 3.63) is 58.8 Å². The van der Waals surface area contributed by atoms with E-state index in [0.29, 0.717) is 11.8 Å². The predicted octanol–water partition coefficient (Wildman–Crippen LogP) is 3.56. The first-order chi connectivity index (χ1) is 10.7. The van der Waals surface area contributed by atoms with Gasteiger partial charge in [-0.25, -0.2) is 0 Å². The Morgan fingerprint density at radius 2 is 2.05 bits per heavy atom. The van der Waals surface area contributed by atoms with Crippen LogP contribution in [0.3, 0.4) is 0 Å². The number of nitrogens with zero attached hydrogens (tertiary/aromatic N) is 3. The molecular formula is C17H16BrN3O. The van der Waals surface area contributed by atoms with Crippen molar-refractivity contribution in [3.8, 4) is 5.75 Å². The monoisotopic (exact) mass is 357 g/mol. The Morgan fingerprint density at radius 1 is 1.23 bits per heavy atom. The van der Waals surface area contributed by atoms with Crippen LogP contribution in [0.15, 0.2) is 53.3 Å². The van der Waals surface area contributed by atoms with E-state index in [0.717, 1.165) is 29.5 Å². The van der Waals surface area contributed by atoms with Gasteiger partial charge in [-0.3, -0.25) is 9.58 Å². The summed E-state index contributed by atoms with van der Waals surface area (Å²) in [6.07, 6.45) is 3.84. The molecule has 1 aromatic heterocycles. The van der Waals surface area contributed by atoms with Gasteiger partial charge in [-0.15, -0.1) is 0 Å². The van der Waals surface area contributed by atoms with E-state index in [1.54, 1.807) is 0 Å². The van der Waals surface area contributed by atoms with E-state index in [1.807, 2.05) is 47.4 Å². The maximum absolute atomic E-state index is 9.91. The average molecular weight is 358 g/mol. The van der Waals surface area contributed by atoms with E-state index in [-0.39, 0.29) is 0 Å². The molecule has 0 aliphatic carbocycles. The number of hydrogen-bond acceptors (Lipinski definition) is 3. The Hall–Kier alpha value is -1.85. The summed E-state index contributed by atoms with van der Waals surface area (Å²) in [6, 6.07) is 12.3. The third kappa shape index (κ3) is 2.51. The molecule has 0 saturated carbocycles. The molecule has 0 unspecified atom stereocenters. The minimum absolute atomic E-state index is 0.335. The minimum Gasteiger partial charge on any atom is -0.508 e. The van der Waals surface area contributed by atoms with Crippen LogP contribution in [-0.2, 0) is 6.54 Å². The van der Waals surface area contributed by atoms with Gasteiger partial charge in [-0.05, 0) is 44.4 Å². The fourth-order valence-corrected chi connectivity index (χ4v) is 3.40. The summed E-state index contributed by atoms with van der Waals surface area (Å²) in [6.45, 7) is 2.82. The van der Waals surface area contributed by atoms with E-state index >= 15 is 0 Å². The highest BCUT2D eigenvalue weighted by molar-refractivity contribution is 9.10. The van der Waals surface area contributed by atoms with Gasteiger partial charge in [0.2, 0.25) is 0 Å². The van der Waals surface area contributed by atoms with Crippen molar-refractivity contribution < 1.29 is 5.11 Å². The molecule has 0 atom stereocenters. The number of phenolic OH excluding ortho intramolecular Hbond substituents is 1. The van der Waals surface area contributed by atoms with Crippen molar-refractivity contribution in [2.24, 2.45) is 0 Å². The minimum atomic E-state index is 0.335. The van der Waals surface area contributed by atoms with Crippen molar-refractivity contribution in [2.45, 2.75) is 12.6 Å². The van der Waals surface area contributed by atoms with Gasteiger partial charge < -0.3 is 5.11 Å². The van der Waals surface area contributed by atoms with Gasteiger partial charge in [0, 0.05) is 25.8 Å². The van der Waals surface area contributed by atoms with Crippen LogP contribution >= 0.6 is 15.9 Å². The molecule has 5 heteroatoms. The largest absolute Gasteiger partial charge is 0.508 e.